The first kappa shape index (κ1) is 23.3. The summed E-state index contributed by atoms with van der Waals surface area (Å²) in [6.07, 6.45) is 3.70. The third kappa shape index (κ3) is 3.91. The van der Waals surface area contributed by atoms with Crippen LogP contribution < -0.4 is 5.32 Å². The number of hydrogen-bond donors (Lipinski definition) is 3. The first-order chi connectivity index (χ1) is 17.4. The average molecular weight is 543 g/mol. The number of carbonyl (C=O) groups excluding carboxylic acids is 2. The Labute approximate surface area is 219 Å². The molecule has 4 heterocycles. The highest BCUT2D eigenvalue weighted by atomic mass is 35.5. The van der Waals surface area contributed by atoms with E-state index in [0.717, 1.165) is 29.6 Å². The van der Waals surface area contributed by atoms with Gasteiger partial charge in [-0.15, -0.1) is 0 Å². The summed E-state index contributed by atoms with van der Waals surface area (Å²) in [6, 6.07) is 7.15. The fourth-order valence-corrected chi connectivity index (χ4v) is 5.86. The molecule has 6 rings (SSSR count). The second-order valence-electron chi connectivity index (χ2n) is 8.53. The lowest BCUT2D eigenvalue weighted by atomic mass is 9.78. The number of anilines is 1. The van der Waals surface area contributed by atoms with Gasteiger partial charge in [0.25, 0.3) is 0 Å². The van der Waals surface area contributed by atoms with Crippen molar-refractivity contribution >= 4 is 63.4 Å². The van der Waals surface area contributed by atoms with Crippen LogP contribution in [0.15, 0.2) is 56.4 Å². The second-order valence-corrected chi connectivity index (χ2v) is 10.3. The van der Waals surface area contributed by atoms with Crippen LogP contribution in [0.1, 0.15) is 53.9 Å². The van der Waals surface area contributed by atoms with Crippen LogP contribution in [0.3, 0.4) is 0 Å². The van der Waals surface area contributed by atoms with Crippen LogP contribution >= 0.6 is 35.0 Å². The molecule has 3 aromatic heterocycles. The number of aromatic amines is 2. The van der Waals surface area contributed by atoms with Gasteiger partial charge in [-0.05, 0) is 55.8 Å². The average Bonchev–Trinajstić information content (AvgIpc) is 3.57. The van der Waals surface area contributed by atoms with Crippen molar-refractivity contribution in [3.05, 3.63) is 68.8 Å². The predicted molar refractivity (Wildman–Crippen MR) is 137 cm³/mol. The van der Waals surface area contributed by atoms with Gasteiger partial charge in [0, 0.05) is 29.5 Å². The molecule has 1 aromatic carbocycles. The van der Waals surface area contributed by atoms with Gasteiger partial charge >= 0.3 is 5.97 Å². The van der Waals surface area contributed by atoms with Crippen molar-refractivity contribution in [2.24, 2.45) is 0 Å². The van der Waals surface area contributed by atoms with Gasteiger partial charge in [0.05, 0.1) is 39.3 Å². The molecule has 0 amide bonds. The summed E-state index contributed by atoms with van der Waals surface area (Å²) >= 11 is 13.6. The Morgan fingerprint density at radius 1 is 1.25 bits per heavy atom. The number of allylic oxidation sites excluding steroid dienone is 2. The standard InChI is InChI=1S/C25H20Cl2N4O4S/c1-2-34-24(33)23-22-11(10-28-23)20(21-14(29-22)4-3-5-17(21)32)18-6-7-19(35-18)36-25-30-15-8-12(26)13(27)9-16(15)31-25/h6-10,20,28-29H,2-5H2,1H3,(H,30,31). The maximum absolute atomic E-state index is 13.0. The van der Waals surface area contributed by atoms with E-state index in [0.29, 0.717) is 54.9 Å². The number of fused-ring (bicyclic) bond motifs is 2. The zero-order valence-electron chi connectivity index (χ0n) is 19.0. The molecule has 0 saturated heterocycles. The summed E-state index contributed by atoms with van der Waals surface area (Å²) in [5.74, 6) is -0.197. The van der Waals surface area contributed by atoms with E-state index in [-0.39, 0.29) is 12.4 Å². The lowest BCUT2D eigenvalue weighted by Crippen LogP contribution is -2.26. The minimum atomic E-state index is -0.447. The molecular weight excluding hydrogens is 523 g/mol. The topological polar surface area (TPSA) is 113 Å². The van der Waals surface area contributed by atoms with Crippen LogP contribution in [-0.2, 0) is 9.53 Å². The molecule has 0 radical (unpaired) electrons. The fourth-order valence-electron chi connectivity index (χ4n) is 4.77. The van der Waals surface area contributed by atoms with Crippen LogP contribution in [0.25, 0.3) is 11.0 Å². The van der Waals surface area contributed by atoms with E-state index >= 15 is 0 Å². The number of nitrogens with zero attached hydrogens (tertiary/aromatic N) is 1. The van der Waals surface area contributed by atoms with Crippen LogP contribution in [0.4, 0.5) is 5.69 Å². The Morgan fingerprint density at radius 3 is 2.92 bits per heavy atom. The summed E-state index contributed by atoms with van der Waals surface area (Å²) in [6.45, 7) is 2.03. The summed E-state index contributed by atoms with van der Waals surface area (Å²) in [5.41, 5.74) is 4.70. The number of carbonyl (C=O) groups is 2. The normalized spacial score (nSPS) is 17.2. The predicted octanol–water partition coefficient (Wildman–Crippen LogP) is 6.68. The molecule has 1 unspecified atom stereocenters. The number of H-pyrrole nitrogens is 2. The molecule has 11 heteroatoms. The molecule has 4 aromatic rings. The highest BCUT2D eigenvalue weighted by molar-refractivity contribution is 7.99. The molecule has 2 aliphatic rings. The van der Waals surface area contributed by atoms with Gasteiger partial charge < -0.3 is 24.4 Å². The Morgan fingerprint density at radius 2 is 2.08 bits per heavy atom. The van der Waals surface area contributed by atoms with Crippen molar-refractivity contribution in [2.75, 3.05) is 11.9 Å². The van der Waals surface area contributed by atoms with Gasteiger partial charge in [0.15, 0.2) is 16.0 Å². The highest BCUT2D eigenvalue weighted by Crippen LogP contribution is 2.47. The molecule has 8 nitrogen and oxygen atoms in total. The zero-order chi connectivity index (χ0) is 25.0. The van der Waals surface area contributed by atoms with Crippen LogP contribution in [0.5, 0.6) is 0 Å². The highest BCUT2D eigenvalue weighted by Gasteiger charge is 2.39. The quantitative estimate of drug-likeness (QED) is 0.241. The Kier molecular flexibility index (Phi) is 5.86. The van der Waals surface area contributed by atoms with E-state index in [1.807, 2.05) is 12.1 Å². The minimum Gasteiger partial charge on any atom is -0.461 e. The molecule has 0 bridgehead atoms. The fraction of sp³-hybridized carbons (Fsp3) is 0.240. The van der Waals surface area contributed by atoms with Crippen LogP contribution in [-0.4, -0.2) is 33.3 Å². The van der Waals surface area contributed by atoms with Crippen molar-refractivity contribution in [3.8, 4) is 0 Å². The Bertz CT molecular complexity index is 1530. The summed E-state index contributed by atoms with van der Waals surface area (Å²) in [7, 11) is 0. The molecular formula is C25H20Cl2N4O4S. The monoisotopic (exact) mass is 542 g/mol. The van der Waals surface area contributed by atoms with Crippen molar-refractivity contribution in [2.45, 2.75) is 42.4 Å². The van der Waals surface area contributed by atoms with Gasteiger partial charge in [-0.1, -0.05) is 23.2 Å². The number of esters is 1. The number of halogens is 2. The second kappa shape index (κ2) is 9.06. The summed E-state index contributed by atoms with van der Waals surface area (Å²) in [4.78, 5) is 36.4. The zero-order valence-corrected chi connectivity index (χ0v) is 21.4. The molecule has 36 heavy (non-hydrogen) atoms. The number of Topliss-reactive ketones (excluding diaryl/α,β-unsaturated/α-hetero) is 1. The minimum absolute atomic E-state index is 0.0786. The molecule has 0 fully saturated rings. The first-order valence-electron chi connectivity index (χ1n) is 11.5. The van der Waals surface area contributed by atoms with Crippen molar-refractivity contribution in [1.82, 2.24) is 15.0 Å². The van der Waals surface area contributed by atoms with Crippen LogP contribution in [0.2, 0.25) is 10.0 Å². The van der Waals surface area contributed by atoms with Crippen molar-refractivity contribution in [3.63, 3.8) is 0 Å². The molecule has 0 saturated carbocycles. The number of aromatic nitrogens is 3. The number of ketones is 1. The molecule has 3 N–H and O–H groups in total. The van der Waals surface area contributed by atoms with Gasteiger partial charge in [-0.25, -0.2) is 9.78 Å². The molecule has 1 aliphatic heterocycles. The number of ether oxygens (including phenoxy) is 1. The lowest BCUT2D eigenvalue weighted by Gasteiger charge is -2.31. The maximum Gasteiger partial charge on any atom is 0.356 e. The number of benzene rings is 1. The molecule has 0 spiro atoms. The van der Waals surface area contributed by atoms with E-state index in [2.05, 4.69) is 20.3 Å². The van der Waals surface area contributed by atoms with E-state index in [4.69, 9.17) is 32.4 Å². The van der Waals surface area contributed by atoms with Gasteiger partial charge in [-0.3, -0.25) is 4.79 Å². The SMILES string of the molecule is CCOC(=O)c1[nH]cc2c1NC1=C(C(=O)CCC1)C2c1ccc(Sc2nc3cc(Cl)c(Cl)cc3[nH]2)o1. The summed E-state index contributed by atoms with van der Waals surface area (Å²) in [5, 5.41) is 5.44. The van der Waals surface area contributed by atoms with Gasteiger partial charge in [0.1, 0.15) is 11.5 Å². The molecule has 184 valence electrons. The lowest BCUT2D eigenvalue weighted by molar-refractivity contribution is -0.116. The third-order valence-electron chi connectivity index (χ3n) is 6.31. The van der Waals surface area contributed by atoms with E-state index in [9.17, 15) is 9.59 Å². The van der Waals surface area contributed by atoms with E-state index in [1.165, 1.54) is 11.8 Å². The first-order valence-corrected chi connectivity index (χ1v) is 13.0. The van der Waals surface area contributed by atoms with E-state index < -0.39 is 11.9 Å². The van der Waals surface area contributed by atoms with E-state index in [1.54, 1.807) is 25.3 Å². The number of furan rings is 1. The number of nitrogens with one attached hydrogen (secondary N) is 3. The Balaban J connectivity index is 1.37. The number of imidazole rings is 1. The van der Waals surface area contributed by atoms with Crippen molar-refractivity contribution < 1.29 is 18.7 Å². The largest absolute Gasteiger partial charge is 0.461 e. The van der Waals surface area contributed by atoms with Crippen molar-refractivity contribution in [1.29, 1.82) is 0 Å². The smallest absolute Gasteiger partial charge is 0.356 e. The Hall–Kier alpha value is -3.14. The van der Waals surface area contributed by atoms with Gasteiger partial charge in [0.2, 0.25) is 0 Å². The third-order valence-corrected chi connectivity index (χ3v) is 7.84. The van der Waals surface area contributed by atoms with Gasteiger partial charge in [-0.2, -0.15) is 0 Å². The summed E-state index contributed by atoms with van der Waals surface area (Å²) < 4.78 is 11.5. The molecule has 1 atom stereocenters. The number of hydrogen-bond acceptors (Lipinski definition) is 7. The maximum atomic E-state index is 13.0. The van der Waals surface area contributed by atoms with Crippen LogP contribution in [0, 0.1) is 0 Å². The molecule has 1 aliphatic carbocycles. The number of rotatable bonds is 5.